The zero-order chi connectivity index (χ0) is 17.8. The van der Waals surface area contributed by atoms with E-state index in [1.54, 1.807) is 12.1 Å². The van der Waals surface area contributed by atoms with Gasteiger partial charge in [-0.1, -0.05) is 42.5 Å². The van der Waals surface area contributed by atoms with E-state index >= 15 is 0 Å². The molecule has 0 unspecified atom stereocenters. The number of aryl methyl sites for hydroxylation is 1. The van der Waals surface area contributed by atoms with Gasteiger partial charge in [0.15, 0.2) is 0 Å². The lowest BCUT2D eigenvalue weighted by Gasteiger charge is -2.22. The van der Waals surface area contributed by atoms with Crippen molar-refractivity contribution in [3.05, 3.63) is 81.6 Å². The topological polar surface area (TPSA) is 85.3 Å². The molecule has 1 aromatic heterocycles. The maximum Gasteiger partial charge on any atom is 0.252 e. The Bertz CT molecular complexity index is 906. The van der Waals surface area contributed by atoms with E-state index in [9.17, 15) is 15.0 Å². The predicted octanol–water partition coefficient (Wildman–Crippen LogP) is 2.02. The first kappa shape index (κ1) is 17.4. The number of aromatic amines is 1. The molecule has 3 rings (SSSR count). The molecule has 5 nitrogen and oxygen atoms in total. The second-order valence-electron chi connectivity index (χ2n) is 6.24. The number of rotatable bonds is 6. The van der Waals surface area contributed by atoms with Crippen LogP contribution in [0.3, 0.4) is 0 Å². The average Bonchev–Trinajstić information content (AvgIpc) is 2.63. The van der Waals surface area contributed by atoms with Crippen molar-refractivity contribution < 1.29 is 10.2 Å². The molecule has 25 heavy (non-hydrogen) atoms. The van der Waals surface area contributed by atoms with Crippen LogP contribution in [0.25, 0.3) is 10.9 Å². The van der Waals surface area contributed by atoms with E-state index in [1.807, 2.05) is 49.4 Å². The standard InChI is InChI=1S/C20H22N2O3/c1-13-7-8-15-10-16(20(25)22-17(15)9-13)11-21-18(12-23)19(24)14-5-3-2-4-6-14/h2-10,18-19,21,23-24H,11-12H2,1H3,(H,22,25)/t18-,19-/m0/s1. The Morgan fingerprint density at radius 3 is 2.60 bits per heavy atom. The van der Waals surface area contributed by atoms with Gasteiger partial charge in [-0.25, -0.2) is 0 Å². The molecule has 0 aliphatic heterocycles. The summed E-state index contributed by atoms with van der Waals surface area (Å²) in [5, 5.41) is 24.1. The van der Waals surface area contributed by atoms with Gasteiger partial charge in [0.05, 0.1) is 18.8 Å². The van der Waals surface area contributed by atoms with Crippen molar-refractivity contribution in [1.82, 2.24) is 10.3 Å². The van der Waals surface area contributed by atoms with E-state index in [1.165, 1.54) is 0 Å². The summed E-state index contributed by atoms with van der Waals surface area (Å²) in [6.07, 6.45) is -0.853. The van der Waals surface area contributed by atoms with Gasteiger partial charge in [-0.2, -0.15) is 0 Å². The Hall–Kier alpha value is -2.47. The van der Waals surface area contributed by atoms with Crippen LogP contribution < -0.4 is 10.9 Å². The molecule has 0 amide bonds. The molecule has 130 valence electrons. The summed E-state index contributed by atoms with van der Waals surface area (Å²) >= 11 is 0. The number of aliphatic hydroxyl groups is 2. The highest BCUT2D eigenvalue weighted by atomic mass is 16.3. The first-order chi connectivity index (χ1) is 12.1. The maximum atomic E-state index is 12.3. The van der Waals surface area contributed by atoms with Crippen LogP contribution in [0.15, 0.2) is 59.4 Å². The minimum absolute atomic E-state index is 0.170. The molecule has 5 heteroatoms. The number of fused-ring (bicyclic) bond motifs is 1. The normalized spacial score (nSPS) is 13.7. The minimum atomic E-state index is -0.853. The van der Waals surface area contributed by atoms with Crippen molar-refractivity contribution in [1.29, 1.82) is 0 Å². The van der Waals surface area contributed by atoms with E-state index in [2.05, 4.69) is 10.3 Å². The molecule has 0 aliphatic carbocycles. The van der Waals surface area contributed by atoms with Gasteiger partial charge in [0, 0.05) is 17.6 Å². The number of hydrogen-bond donors (Lipinski definition) is 4. The van der Waals surface area contributed by atoms with Crippen molar-refractivity contribution in [2.45, 2.75) is 25.6 Å². The summed E-state index contributed by atoms with van der Waals surface area (Å²) < 4.78 is 0. The van der Waals surface area contributed by atoms with Gasteiger partial charge in [-0.05, 0) is 35.6 Å². The van der Waals surface area contributed by atoms with Crippen LogP contribution >= 0.6 is 0 Å². The van der Waals surface area contributed by atoms with Gasteiger partial charge in [0.25, 0.3) is 5.56 Å². The van der Waals surface area contributed by atoms with E-state index in [0.29, 0.717) is 5.56 Å². The molecule has 3 aromatic rings. The van der Waals surface area contributed by atoms with Gasteiger partial charge in [0.1, 0.15) is 0 Å². The number of H-pyrrole nitrogens is 1. The molecule has 0 bridgehead atoms. The summed E-state index contributed by atoms with van der Waals surface area (Å²) in [5.74, 6) is 0. The molecule has 1 heterocycles. The molecule has 0 saturated heterocycles. The molecule has 0 radical (unpaired) electrons. The number of pyridine rings is 1. The Morgan fingerprint density at radius 1 is 1.12 bits per heavy atom. The quantitative estimate of drug-likeness (QED) is 0.554. The van der Waals surface area contributed by atoms with Crippen LogP contribution in [0.5, 0.6) is 0 Å². The number of benzene rings is 2. The van der Waals surface area contributed by atoms with Crippen LogP contribution in [-0.4, -0.2) is 27.8 Å². The first-order valence-corrected chi connectivity index (χ1v) is 8.28. The number of aromatic nitrogens is 1. The van der Waals surface area contributed by atoms with Gasteiger partial charge in [-0.15, -0.1) is 0 Å². The number of aliphatic hydroxyl groups excluding tert-OH is 2. The SMILES string of the molecule is Cc1ccc2cc(CN[C@@H](CO)[C@@H](O)c3ccccc3)c(=O)[nH]c2c1. The Labute approximate surface area is 146 Å². The third kappa shape index (κ3) is 3.96. The fourth-order valence-electron chi connectivity index (χ4n) is 2.89. The molecular formula is C20H22N2O3. The Morgan fingerprint density at radius 2 is 1.88 bits per heavy atom. The van der Waals surface area contributed by atoms with Gasteiger partial charge in [0.2, 0.25) is 0 Å². The summed E-state index contributed by atoms with van der Waals surface area (Å²) in [6, 6.07) is 16.3. The number of hydrogen-bond acceptors (Lipinski definition) is 4. The van der Waals surface area contributed by atoms with E-state index in [-0.39, 0.29) is 18.7 Å². The van der Waals surface area contributed by atoms with Crippen molar-refractivity contribution >= 4 is 10.9 Å². The molecule has 0 fully saturated rings. The van der Waals surface area contributed by atoms with Crippen LogP contribution in [-0.2, 0) is 6.54 Å². The molecule has 2 atom stereocenters. The van der Waals surface area contributed by atoms with Crippen LogP contribution in [0.1, 0.15) is 22.8 Å². The smallest absolute Gasteiger partial charge is 0.252 e. The fourth-order valence-corrected chi connectivity index (χ4v) is 2.89. The van der Waals surface area contributed by atoms with E-state index < -0.39 is 12.1 Å². The lowest BCUT2D eigenvalue weighted by Crippen LogP contribution is -2.38. The summed E-state index contributed by atoms with van der Waals surface area (Å²) in [7, 11) is 0. The van der Waals surface area contributed by atoms with Crippen molar-refractivity contribution in [3.63, 3.8) is 0 Å². The highest BCUT2D eigenvalue weighted by molar-refractivity contribution is 5.79. The predicted molar refractivity (Wildman–Crippen MR) is 98.4 cm³/mol. The summed E-state index contributed by atoms with van der Waals surface area (Å²) in [6.45, 7) is 2.00. The second kappa shape index (κ2) is 7.61. The van der Waals surface area contributed by atoms with Crippen molar-refractivity contribution in [2.24, 2.45) is 0 Å². The van der Waals surface area contributed by atoms with Crippen LogP contribution in [0, 0.1) is 6.92 Å². The van der Waals surface area contributed by atoms with Gasteiger partial charge >= 0.3 is 0 Å². The third-order valence-electron chi connectivity index (χ3n) is 4.35. The molecule has 4 N–H and O–H groups in total. The lowest BCUT2D eigenvalue weighted by atomic mass is 10.0. The lowest BCUT2D eigenvalue weighted by molar-refractivity contribution is 0.0891. The van der Waals surface area contributed by atoms with Gasteiger partial charge < -0.3 is 20.5 Å². The highest BCUT2D eigenvalue weighted by Gasteiger charge is 2.20. The molecule has 0 spiro atoms. The van der Waals surface area contributed by atoms with Crippen molar-refractivity contribution in [2.75, 3.05) is 6.61 Å². The first-order valence-electron chi connectivity index (χ1n) is 8.28. The zero-order valence-corrected chi connectivity index (χ0v) is 14.1. The summed E-state index contributed by atoms with van der Waals surface area (Å²) in [5.41, 5.74) is 3.00. The van der Waals surface area contributed by atoms with Crippen LogP contribution in [0.4, 0.5) is 0 Å². The molecule has 0 aliphatic rings. The van der Waals surface area contributed by atoms with Gasteiger partial charge in [-0.3, -0.25) is 4.79 Å². The van der Waals surface area contributed by atoms with E-state index in [4.69, 9.17) is 0 Å². The largest absolute Gasteiger partial charge is 0.395 e. The van der Waals surface area contributed by atoms with E-state index in [0.717, 1.165) is 22.0 Å². The molecular weight excluding hydrogens is 316 g/mol. The monoisotopic (exact) mass is 338 g/mol. The maximum absolute atomic E-state index is 12.3. The Balaban J connectivity index is 1.77. The second-order valence-corrected chi connectivity index (χ2v) is 6.24. The minimum Gasteiger partial charge on any atom is -0.395 e. The van der Waals surface area contributed by atoms with Crippen molar-refractivity contribution in [3.8, 4) is 0 Å². The van der Waals surface area contributed by atoms with Crippen LogP contribution in [0.2, 0.25) is 0 Å². The fraction of sp³-hybridized carbons (Fsp3) is 0.250. The highest BCUT2D eigenvalue weighted by Crippen LogP contribution is 2.17. The average molecular weight is 338 g/mol. The molecule has 2 aromatic carbocycles. The number of nitrogens with one attached hydrogen (secondary N) is 2. The Kier molecular flexibility index (Phi) is 5.28. The molecule has 0 saturated carbocycles. The summed E-state index contributed by atoms with van der Waals surface area (Å²) in [4.78, 5) is 15.1. The zero-order valence-electron chi connectivity index (χ0n) is 14.1. The third-order valence-corrected chi connectivity index (χ3v) is 4.35.